The van der Waals surface area contributed by atoms with E-state index in [2.05, 4.69) is 4.90 Å². The molecule has 0 aliphatic carbocycles. The summed E-state index contributed by atoms with van der Waals surface area (Å²) in [6.45, 7) is 1.86. The maximum absolute atomic E-state index is 12.1. The van der Waals surface area contributed by atoms with E-state index in [4.69, 9.17) is 22.3 Å². The summed E-state index contributed by atoms with van der Waals surface area (Å²) >= 11 is 6.10. The Labute approximate surface area is 134 Å². The van der Waals surface area contributed by atoms with Crippen LogP contribution in [0.4, 0.5) is 0 Å². The first kappa shape index (κ1) is 14.0. The summed E-state index contributed by atoms with van der Waals surface area (Å²) in [4.78, 5) is 19.4. The molecule has 1 saturated heterocycles. The molecule has 1 atom stereocenters. The second-order valence-corrected chi connectivity index (χ2v) is 6.70. The molecular formula is C17H18ClN3O. The van der Waals surface area contributed by atoms with Crippen molar-refractivity contribution in [3.8, 4) is 0 Å². The van der Waals surface area contributed by atoms with Crippen molar-refractivity contribution in [1.82, 2.24) is 9.88 Å². The lowest BCUT2D eigenvalue weighted by Crippen LogP contribution is -2.44. The Morgan fingerprint density at radius 3 is 3.05 bits per heavy atom. The van der Waals surface area contributed by atoms with Gasteiger partial charge in [-0.25, -0.2) is 0 Å². The van der Waals surface area contributed by atoms with Crippen LogP contribution in [0.15, 0.2) is 18.2 Å². The summed E-state index contributed by atoms with van der Waals surface area (Å²) in [6, 6.07) is 6.03. The Morgan fingerprint density at radius 1 is 1.36 bits per heavy atom. The summed E-state index contributed by atoms with van der Waals surface area (Å²) in [7, 11) is 0. The fraction of sp³-hybridized carbons (Fsp3) is 0.412. The molecule has 1 fully saturated rings. The van der Waals surface area contributed by atoms with Crippen molar-refractivity contribution in [3.63, 3.8) is 0 Å². The Morgan fingerprint density at radius 2 is 2.23 bits per heavy atom. The van der Waals surface area contributed by atoms with Gasteiger partial charge in [0.15, 0.2) is 0 Å². The predicted octanol–water partition coefficient (Wildman–Crippen LogP) is 2.90. The highest BCUT2D eigenvalue weighted by Gasteiger charge is 2.32. The molecule has 1 amide bonds. The van der Waals surface area contributed by atoms with Crippen molar-refractivity contribution < 1.29 is 4.79 Å². The van der Waals surface area contributed by atoms with Gasteiger partial charge < -0.3 is 5.73 Å². The van der Waals surface area contributed by atoms with E-state index in [9.17, 15) is 4.79 Å². The molecule has 4 rings (SSSR count). The molecule has 0 bridgehead atoms. The smallest absolute Gasteiger partial charge is 0.249 e. The van der Waals surface area contributed by atoms with E-state index in [1.807, 2.05) is 12.1 Å². The zero-order chi connectivity index (χ0) is 15.3. The number of halogens is 1. The Kier molecular flexibility index (Phi) is 3.31. The van der Waals surface area contributed by atoms with E-state index in [1.54, 1.807) is 6.07 Å². The third-order valence-corrected chi connectivity index (χ3v) is 5.15. The average molecular weight is 316 g/mol. The molecule has 0 saturated carbocycles. The number of primary amides is 1. The van der Waals surface area contributed by atoms with Gasteiger partial charge >= 0.3 is 0 Å². The zero-order valence-electron chi connectivity index (χ0n) is 12.3. The normalized spacial score (nSPS) is 21.4. The van der Waals surface area contributed by atoms with Crippen LogP contribution < -0.4 is 5.73 Å². The number of benzene rings is 1. The number of carbonyl (C=O) groups excluding carboxylic acids is 1. The number of nitrogens with zero attached hydrogens (tertiary/aromatic N) is 2. The van der Waals surface area contributed by atoms with Gasteiger partial charge in [-0.2, -0.15) is 0 Å². The van der Waals surface area contributed by atoms with Crippen LogP contribution in [0.1, 0.15) is 40.9 Å². The second-order valence-electron chi connectivity index (χ2n) is 6.26. The molecule has 2 aliphatic heterocycles. The molecule has 1 unspecified atom stereocenters. The summed E-state index contributed by atoms with van der Waals surface area (Å²) in [5.74, 6) is -0.388. The molecule has 1 aromatic carbocycles. The highest BCUT2D eigenvalue weighted by atomic mass is 35.5. The van der Waals surface area contributed by atoms with E-state index in [0.29, 0.717) is 16.6 Å². The lowest BCUT2D eigenvalue weighted by atomic mass is 9.88. The first-order valence-corrected chi connectivity index (χ1v) is 8.16. The Balaban J connectivity index is 1.94. The number of hydrogen-bond acceptors (Lipinski definition) is 3. The Bertz CT molecular complexity index is 774. The van der Waals surface area contributed by atoms with Crippen LogP contribution in [0, 0.1) is 0 Å². The van der Waals surface area contributed by atoms with Crippen molar-refractivity contribution in [3.05, 3.63) is 40.0 Å². The van der Waals surface area contributed by atoms with Crippen LogP contribution in [0.5, 0.6) is 0 Å². The number of fused-ring (bicyclic) bond motifs is 3. The van der Waals surface area contributed by atoms with Gasteiger partial charge in [-0.15, -0.1) is 0 Å². The van der Waals surface area contributed by atoms with Crippen LogP contribution in [0.2, 0.25) is 5.02 Å². The SMILES string of the molecule is NC(=O)c1c2c(nc3ccc(Cl)cc13)CC1CCCCN1C2. The fourth-order valence-corrected chi connectivity index (χ4v) is 4.04. The van der Waals surface area contributed by atoms with Gasteiger partial charge in [0.25, 0.3) is 0 Å². The number of hydrogen-bond donors (Lipinski definition) is 1. The first-order chi connectivity index (χ1) is 10.6. The van der Waals surface area contributed by atoms with Crippen LogP contribution in [-0.4, -0.2) is 28.4 Å². The second kappa shape index (κ2) is 5.21. The molecule has 2 aromatic rings. The third kappa shape index (κ3) is 2.18. The lowest BCUT2D eigenvalue weighted by molar-refractivity contribution is 0.0990. The van der Waals surface area contributed by atoms with Gasteiger partial charge in [-0.3, -0.25) is 14.7 Å². The molecule has 22 heavy (non-hydrogen) atoms. The molecule has 2 N–H and O–H groups in total. The van der Waals surface area contributed by atoms with E-state index >= 15 is 0 Å². The monoisotopic (exact) mass is 315 g/mol. The largest absolute Gasteiger partial charge is 0.366 e. The van der Waals surface area contributed by atoms with E-state index in [-0.39, 0.29) is 5.91 Å². The van der Waals surface area contributed by atoms with Crippen molar-refractivity contribution in [1.29, 1.82) is 0 Å². The van der Waals surface area contributed by atoms with Crippen LogP contribution >= 0.6 is 11.6 Å². The molecule has 1 aromatic heterocycles. The van der Waals surface area contributed by atoms with Crippen LogP contribution in [-0.2, 0) is 13.0 Å². The van der Waals surface area contributed by atoms with E-state index in [0.717, 1.165) is 41.7 Å². The van der Waals surface area contributed by atoms with Gasteiger partial charge in [0.1, 0.15) is 0 Å². The first-order valence-electron chi connectivity index (χ1n) is 7.78. The quantitative estimate of drug-likeness (QED) is 0.880. The maximum Gasteiger partial charge on any atom is 0.249 e. The van der Waals surface area contributed by atoms with Crippen LogP contribution in [0.25, 0.3) is 10.9 Å². The minimum atomic E-state index is -0.388. The molecule has 2 aliphatic rings. The minimum Gasteiger partial charge on any atom is -0.366 e. The van der Waals surface area contributed by atoms with Crippen molar-refractivity contribution in [2.45, 2.75) is 38.3 Å². The van der Waals surface area contributed by atoms with Crippen molar-refractivity contribution in [2.75, 3.05) is 6.54 Å². The maximum atomic E-state index is 12.1. The van der Waals surface area contributed by atoms with Gasteiger partial charge in [0, 0.05) is 40.7 Å². The minimum absolute atomic E-state index is 0.388. The molecule has 0 radical (unpaired) electrons. The van der Waals surface area contributed by atoms with Gasteiger partial charge in [-0.1, -0.05) is 18.0 Å². The number of pyridine rings is 1. The number of rotatable bonds is 1. The molecule has 5 heteroatoms. The zero-order valence-corrected chi connectivity index (χ0v) is 13.1. The summed E-state index contributed by atoms with van der Waals surface area (Å²) in [5, 5.41) is 1.37. The average Bonchev–Trinajstić information content (AvgIpc) is 2.50. The topological polar surface area (TPSA) is 59.2 Å². The fourth-order valence-electron chi connectivity index (χ4n) is 3.87. The van der Waals surface area contributed by atoms with E-state index < -0.39 is 0 Å². The number of piperidine rings is 1. The summed E-state index contributed by atoms with van der Waals surface area (Å²) in [5.41, 5.74) is 9.14. The standard InChI is InChI=1S/C17H18ClN3O/c18-10-4-5-14-12(7-10)16(17(19)22)13-9-21-6-2-1-3-11(21)8-15(13)20-14/h4-5,7,11H,1-3,6,8-9H2,(H2,19,22). The Hall–Kier alpha value is -1.65. The highest BCUT2D eigenvalue weighted by Crippen LogP contribution is 2.34. The lowest BCUT2D eigenvalue weighted by Gasteiger charge is -2.40. The summed E-state index contributed by atoms with van der Waals surface area (Å²) < 4.78 is 0. The van der Waals surface area contributed by atoms with Crippen molar-refractivity contribution >= 4 is 28.4 Å². The van der Waals surface area contributed by atoms with Crippen LogP contribution in [0.3, 0.4) is 0 Å². The molecule has 0 spiro atoms. The number of carbonyl (C=O) groups is 1. The molecule has 3 heterocycles. The molecular weight excluding hydrogens is 298 g/mol. The number of aromatic nitrogens is 1. The molecule has 4 nitrogen and oxygen atoms in total. The van der Waals surface area contributed by atoms with Gasteiger partial charge in [-0.05, 0) is 37.6 Å². The van der Waals surface area contributed by atoms with E-state index in [1.165, 1.54) is 19.3 Å². The predicted molar refractivity (Wildman–Crippen MR) is 87.0 cm³/mol. The molecule has 114 valence electrons. The third-order valence-electron chi connectivity index (χ3n) is 4.92. The van der Waals surface area contributed by atoms with Crippen molar-refractivity contribution in [2.24, 2.45) is 5.73 Å². The highest BCUT2D eigenvalue weighted by molar-refractivity contribution is 6.31. The summed E-state index contributed by atoms with van der Waals surface area (Å²) in [6.07, 6.45) is 4.63. The number of amides is 1. The number of nitrogens with two attached hydrogens (primary N) is 1. The van der Waals surface area contributed by atoms with Gasteiger partial charge in [0.2, 0.25) is 5.91 Å². The van der Waals surface area contributed by atoms with Gasteiger partial charge in [0.05, 0.1) is 11.1 Å².